The van der Waals surface area contributed by atoms with Crippen LogP contribution in [-0.2, 0) is 9.47 Å². The molecule has 0 aromatic rings. The summed E-state index contributed by atoms with van der Waals surface area (Å²) in [6, 6.07) is 0. The molecule has 2 aliphatic rings. The van der Waals surface area contributed by atoms with Gasteiger partial charge in [0, 0.05) is 7.11 Å². The van der Waals surface area contributed by atoms with Gasteiger partial charge in [-0.25, -0.2) is 0 Å². The smallest absolute Gasteiger partial charge is 0.0817 e. The van der Waals surface area contributed by atoms with Gasteiger partial charge in [0.25, 0.3) is 0 Å². The van der Waals surface area contributed by atoms with Gasteiger partial charge in [-0.15, -0.1) is 0 Å². The highest BCUT2D eigenvalue weighted by Gasteiger charge is 2.33. The number of hydrogen-bond donors (Lipinski definition) is 0. The Hall–Kier alpha value is -0.340. The molecule has 10 heavy (non-hydrogen) atoms. The van der Waals surface area contributed by atoms with Crippen molar-refractivity contribution < 1.29 is 9.47 Å². The van der Waals surface area contributed by atoms with Crippen LogP contribution in [0.1, 0.15) is 12.8 Å². The van der Waals surface area contributed by atoms with Crippen LogP contribution in [0, 0.1) is 0 Å². The molecule has 2 aliphatic heterocycles. The number of methoxy groups -OCH3 is 1. The quantitative estimate of drug-likeness (QED) is 0.535. The van der Waals surface area contributed by atoms with E-state index in [2.05, 4.69) is 6.08 Å². The second kappa shape index (κ2) is 2.36. The molecule has 0 radical (unpaired) electrons. The van der Waals surface area contributed by atoms with E-state index in [1.807, 2.05) is 0 Å². The molecule has 2 heterocycles. The topological polar surface area (TPSA) is 18.5 Å². The summed E-state index contributed by atoms with van der Waals surface area (Å²) in [7, 11) is 1.73. The van der Waals surface area contributed by atoms with Gasteiger partial charge in [0.2, 0.25) is 0 Å². The third-order valence-electron chi connectivity index (χ3n) is 2.18. The van der Waals surface area contributed by atoms with Gasteiger partial charge in [0.15, 0.2) is 0 Å². The second-order valence-corrected chi connectivity index (χ2v) is 2.92. The Kier molecular flexibility index (Phi) is 1.51. The Morgan fingerprint density at radius 2 is 2.60 bits per heavy atom. The van der Waals surface area contributed by atoms with E-state index in [4.69, 9.17) is 9.47 Å². The SMILES string of the molecule is COCC1=CC2CCC1O2. The van der Waals surface area contributed by atoms with Gasteiger partial charge in [-0.3, -0.25) is 0 Å². The minimum Gasteiger partial charge on any atom is -0.380 e. The van der Waals surface area contributed by atoms with Crippen molar-refractivity contribution in [2.45, 2.75) is 25.0 Å². The minimum absolute atomic E-state index is 0.393. The fraction of sp³-hybridized carbons (Fsp3) is 0.750. The summed E-state index contributed by atoms with van der Waals surface area (Å²) < 4.78 is 10.6. The average molecular weight is 140 g/mol. The standard InChI is InChI=1S/C8H12O2/c1-9-5-6-4-7-2-3-8(6)10-7/h4,7-8H,2-3,5H2,1H3. The van der Waals surface area contributed by atoms with Gasteiger partial charge in [0.05, 0.1) is 18.8 Å². The zero-order valence-corrected chi connectivity index (χ0v) is 6.17. The molecule has 2 rings (SSSR count). The van der Waals surface area contributed by atoms with Crippen LogP contribution in [0.4, 0.5) is 0 Å². The normalized spacial score (nSPS) is 36.7. The zero-order chi connectivity index (χ0) is 6.97. The molecule has 1 saturated heterocycles. The molecule has 0 aromatic heterocycles. The fourth-order valence-electron chi connectivity index (χ4n) is 1.71. The maximum Gasteiger partial charge on any atom is 0.0817 e. The Morgan fingerprint density at radius 1 is 1.70 bits per heavy atom. The summed E-state index contributed by atoms with van der Waals surface area (Å²) in [5.74, 6) is 0. The minimum atomic E-state index is 0.393. The van der Waals surface area contributed by atoms with E-state index >= 15 is 0 Å². The lowest BCUT2D eigenvalue weighted by molar-refractivity contribution is 0.106. The predicted octanol–water partition coefficient (Wildman–Crippen LogP) is 1.12. The number of hydrogen-bond acceptors (Lipinski definition) is 2. The molecule has 2 bridgehead atoms. The van der Waals surface area contributed by atoms with Gasteiger partial charge in [0.1, 0.15) is 0 Å². The van der Waals surface area contributed by atoms with Crippen LogP contribution < -0.4 is 0 Å². The van der Waals surface area contributed by atoms with Gasteiger partial charge in [-0.05, 0) is 18.4 Å². The molecule has 0 aliphatic carbocycles. The van der Waals surface area contributed by atoms with Crippen LogP contribution in [0.15, 0.2) is 11.6 Å². The lowest BCUT2D eigenvalue weighted by Crippen LogP contribution is -2.09. The molecule has 2 unspecified atom stereocenters. The molecular formula is C8H12O2. The van der Waals surface area contributed by atoms with E-state index in [0.717, 1.165) is 6.61 Å². The van der Waals surface area contributed by atoms with Gasteiger partial charge in [-0.1, -0.05) is 6.08 Å². The van der Waals surface area contributed by atoms with E-state index in [0.29, 0.717) is 12.2 Å². The van der Waals surface area contributed by atoms with E-state index in [9.17, 15) is 0 Å². The van der Waals surface area contributed by atoms with E-state index in [-0.39, 0.29) is 0 Å². The molecule has 0 spiro atoms. The van der Waals surface area contributed by atoms with Crippen molar-refractivity contribution in [2.75, 3.05) is 13.7 Å². The van der Waals surface area contributed by atoms with Crippen LogP contribution in [0.3, 0.4) is 0 Å². The van der Waals surface area contributed by atoms with Crippen molar-refractivity contribution in [3.63, 3.8) is 0 Å². The van der Waals surface area contributed by atoms with E-state index in [1.165, 1.54) is 18.4 Å². The second-order valence-electron chi connectivity index (χ2n) is 2.92. The van der Waals surface area contributed by atoms with Crippen LogP contribution in [-0.4, -0.2) is 25.9 Å². The van der Waals surface area contributed by atoms with Gasteiger partial charge < -0.3 is 9.47 Å². The maximum atomic E-state index is 5.56. The Bertz CT molecular complexity index is 163. The van der Waals surface area contributed by atoms with Gasteiger partial charge >= 0.3 is 0 Å². The summed E-state index contributed by atoms with van der Waals surface area (Å²) in [5, 5.41) is 0. The third kappa shape index (κ3) is 0.879. The molecule has 56 valence electrons. The highest BCUT2D eigenvalue weighted by Crippen LogP contribution is 2.33. The zero-order valence-electron chi connectivity index (χ0n) is 6.17. The summed E-state index contributed by atoms with van der Waals surface area (Å²) in [6.45, 7) is 0.751. The highest BCUT2D eigenvalue weighted by atomic mass is 16.5. The van der Waals surface area contributed by atoms with Crippen LogP contribution in [0.2, 0.25) is 0 Å². The molecule has 0 N–H and O–H groups in total. The van der Waals surface area contributed by atoms with Gasteiger partial charge in [-0.2, -0.15) is 0 Å². The largest absolute Gasteiger partial charge is 0.380 e. The first-order valence-electron chi connectivity index (χ1n) is 3.75. The molecule has 2 heteroatoms. The van der Waals surface area contributed by atoms with Crippen LogP contribution >= 0.6 is 0 Å². The summed E-state index contributed by atoms with van der Waals surface area (Å²) in [6.07, 6.45) is 5.41. The Morgan fingerprint density at radius 3 is 3.10 bits per heavy atom. The molecule has 0 saturated carbocycles. The van der Waals surface area contributed by atoms with E-state index < -0.39 is 0 Å². The van der Waals surface area contributed by atoms with Crippen molar-refractivity contribution in [1.82, 2.24) is 0 Å². The fourth-order valence-corrected chi connectivity index (χ4v) is 1.71. The molecular weight excluding hydrogens is 128 g/mol. The molecule has 0 amide bonds. The predicted molar refractivity (Wildman–Crippen MR) is 37.9 cm³/mol. The number of rotatable bonds is 2. The van der Waals surface area contributed by atoms with Crippen molar-refractivity contribution in [3.8, 4) is 0 Å². The molecule has 2 atom stereocenters. The van der Waals surface area contributed by atoms with Crippen LogP contribution in [0.25, 0.3) is 0 Å². The Labute approximate surface area is 60.8 Å². The van der Waals surface area contributed by atoms with Crippen molar-refractivity contribution >= 4 is 0 Å². The maximum absolute atomic E-state index is 5.56. The molecule has 2 nitrogen and oxygen atoms in total. The lowest BCUT2D eigenvalue weighted by atomic mass is 10.0. The first-order chi connectivity index (χ1) is 4.90. The monoisotopic (exact) mass is 140 g/mol. The molecule has 0 aromatic carbocycles. The van der Waals surface area contributed by atoms with Crippen molar-refractivity contribution in [3.05, 3.63) is 11.6 Å². The van der Waals surface area contributed by atoms with Crippen molar-refractivity contribution in [2.24, 2.45) is 0 Å². The number of ether oxygens (including phenoxy) is 2. The molecule has 1 fully saturated rings. The average Bonchev–Trinajstić information content (AvgIpc) is 2.48. The highest BCUT2D eigenvalue weighted by molar-refractivity contribution is 5.20. The summed E-state index contributed by atoms with van der Waals surface area (Å²) in [5.41, 5.74) is 1.35. The van der Waals surface area contributed by atoms with Crippen molar-refractivity contribution in [1.29, 1.82) is 0 Å². The lowest BCUT2D eigenvalue weighted by Gasteiger charge is -2.08. The first-order valence-corrected chi connectivity index (χ1v) is 3.75. The van der Waals surface area contributed by atoms with Crippen LogP contribution in [0.5, 0.6) is 0 Å². The number of fused-ring (bicyclic) bond motifs is 2. The summed E-state index contributed by atoms with van der Waals surface area (Å²) in [4.78, 5) is 0. The third-order valence-corrected chi connectivity index (χ3v) is 2.18. The first kappa shape index (κ1) is 6.38. The summed E-state index contributed by atoms with van der Waals surface area (Å²) >= 11 is 0. The Balaban J connectivity index is 2.03. The van der Waals surface area contributed by atoms with E-state index in [1.54, 1.807) is 7.11 Å².